The number of nitrogens with one attached hydrogen (secondary N) is 1. The van der Waals surface area contributed by atoms with Gasteiger partial charge in [0, 0.05) is 11.4 Å². The van der Waals surface area contributed by atoms with Crippen molar-refractivity contribution in [2.45, 2.75) is 18.6 Å². The summed E-state index contributed by atoms with van der Waals surface area (Å²) >= 11 is 5.77. The molecular weight excluding hydrogens is 287 g/mol. The van der Waals surface area contributed by atoms with Crippen LogP contribution in [0.2, 0.25) is 5.02 Å². The van der Waals surface area contributed by atoms with Crippen LogP contribution in [0.4, 0.5) is 13.2 Å². The van der Waals surface area contributed by atoms with Gasteiger partial charge < -0.3 is 10.4 Å². The number of benzene rings is 1. The maximum atomic E-state index is 12.1. The average Bonchev–Trinajstić information content (AvgIpc) is 2.29. The molecule has 0 spiro atoms. The van der Waals surface area contributed by atoms with Crippen LogP contribution in [0.3, 0.4) is 0 Å². The molecule has 19 heavy (non-hydrogen) atoms. The molecule has 0 saturated heterocycles. The van der Waals surface area contributed by atoms with Crippen LogP contribution >= 0.6 is 11.6 Å². The van der Waals surface area contributed by atoms with E-state index < -0.39 is 24.1 Å². The van der Waals surface area contributed by atoms with Crippen molar-refractivity contribution in [2.24, 2.45) is 0 Å². The number of rotatable bonds is 4. The van der Waals surface area contributed by atoms with Crippen molar-refractivity contribution in [1.29, 1.82) is 0 Å². The Hall–Kier alpha value is -1.76. The molecule has 0 aliphatic carbocycles. The zero-order valence-corrected chi connectivity index (χ0v) is 10.1. The molecule has 1 atom stereocenters. The van der Waals surface area contributed by atoms with Crippen molar-refractivity contribution in [3.63, 3.8) is 0 Å². The lowest BCUT2D eigenvalue weighted by Crippen LogP contribution is -2.47. The third kappa shape index (κ3) is 4.44. The number of hydrogen-bond donors (Lipinski definition) is 2. The van der Waals surface area contributed by atoms with E-state index in [-0.39, 0.29) is 11.4 Å². The van der Waals surface area contributed by atoms with Crippen LogP contribution in [-0.2, 0) is 16.0 Å². The quantitative estimate of drug-likeness (QED) is 0.893. The Labute approximate surface area is 111 Å². The first-order valence-electron chi connectivity index (χ1n) is 5.05. The third-order valence-electron chi connectivity index (χ3n) is 2.24. The molecule has 1 unspecified atom stereocenters. The lowest BCUT2D eigenvalue weighted by atomic mass is 10.1. The highest BCUT2D eigenvalue weighted by molar-refractivity contribution is 6.31. The van der Waals surface area contributed by atoms with Gasteiger partial charge in [-0.1, -0.05) is 29.8 Å². The number of carboxylic acids is 1. The number of carboxylic acid groups (broad SMARTS) is 1. The zero-order chi connectivity index (χ0) is 14.6. The smallest absolute Gasteiger partial charge is 0.471 e. The van der Waals surface area contributed by atoms with E-state index in [0.29, 0.717) is 5.56 Å². The summed E-state index contributed by atoms with van der Waals surface area (Å²) in [5, 5.41) is 10.4. The van der Waals surface area contributed by atoms with Gasteiger partial charge in [-0.3, -0.25) is 4.79 Å². The van der Waals surface area contributed by atoms with Crippen LogP contribution in [0.5, 0.6) is 0 Å². The van der Waals surface area contributed by atoms with Crippen molar-refractivity contribution in [2.75, 3.05) is 0 Å². The average molecular weight is 296 g/mol. The normalized spacial score (nSPS) is 12.8. The van der Waals surface area contributed by atoms with Crippen molar-refractivity contribution < 1.29 is 27.9 Å². The minimum absolute atomic E-state index is 0.218. The van der Waals surface area contributed by atoms with Crippen LogP contribution in [-0.4, -0.2) is 29.2 Å². The lowest BCUT2D eigenvalue weighted by Gasteiger charge is -2.16. The number of hydrogen-bond acceptors (Lipinski definition) is 2. The topological polar surface area (TPSA) is 66.4 Å². The molecule has 0 bridgehead atoms. The Morgan fingerprint density at radius 3 is 2.37 bits per heavy atom. The summed E-state index contributed by atoms with van der Waals surface area (Å²) in [6, 6.07) is 4.40. The van der Waals surface area contributed by atoms with Gasteiger partial charge in [-0.2, -0.15) is 13.2 Å². The molecule has 104 valence electrons. The molecule has 1 aromatic carbocycles. The molecular formula is C11H9ClF3NO3. The SMILES string of the molecule is O=C(O)C(Cc1ccccc1Cl)NC(=O)C(F)(F)F. The molecule has 8 heteroatoms. The van der Waals surface area contributed by atoms with Gasteiger partial charge in [0.05, 0.1) is 0 Å². The molecule has 1 amide bonds. The Balaban J connectivity index is 2.83. The van der Waals surface area contributed by atoms with E-state index in [9.17, 15) is 22.8 Å². The number of carbonyl (C=O) groups excluding carboxylic acids is 1. The summed E-state index contributed by atoms with van der Waals surface area (Å²) in [6.45, 7) is 0. The summed E-state index contributed by atoms with van der Waals surface area (Å²) in [5.74, 6) is -3.87. The predicted octanol–water partition coefficient (Wildman–Crippen LogP) is 2.01. The van der Waals surface area contributed by atoms with E-state index in [1.165, 1.54) is 17.4 Å². The molecule has 0 heterocycles. The summed E-state index contributed by atoms with van der Waals surface area (Å²) < 4.78 is 36.2. The predicted molar refractivity (Wildman–Crippen MR) is 60.8 cm³/mol. The Morgan fingerprint density at radius 1 is 1.32 bits per heavy atom. The zero-order valence-electron chi connectivity index (χ0n) is 9.37. The van der Waals surface area contributed by atoms with Crippen molar-refractivity contribution in [1.82, 2.24) is 5.32 Å². The van der Waals surface area contributed by atoms with Gasteiger partial charge >= 0.3 is 18.1 Å². The Morgan fingerprint density at radius 2 is 1.89 bits per heavy atom. The summed E-state index contributed by atoms with van der Waals surface area (Å²) in [6.07, 6.45) is -5.47. The van der Waals surface area contributed by atoms with E-state index in [2.05, 4.69) is 0 Å². The number of alkyl halides is 3. The first-order chi connectivity index (χ1) is 8.71. The van der Waals surface area contributed by atoms with Crippen LogP contribution < -0.4 is 5.32 Å². The molecule has 4 nitrogen and oxygen atoms in total. The molecule has 1 aromatic rings. The van der Waals surface area contributed by atoms with Gasteiger partial charge in [0.25, 0.3) is 0 Å². The molecule has 1 rings (SSSR count). The first-order valence-corrected chi connectivity index (χ1v) is 5.43. The van der Waals surface area contributed by atoms with E-state index in [4.69, 9.17) is 16.7 Å². The second kappa shape index (κ2) is 5.92. The first kappa shape index (κ1) is 15.3. The van der Waals surface area contributed by atoms with Crippen molar-refractivity contribution in [3.8, 4) is 0 Å². The summed E-state index contributed by atoms with van der Waals surface area (Å²) in [4.78, 5) is 21.6. The lowest BCUT2D eigenvalue weighted by molar-refractivity contribution is -0.175. The van der Waals surface area contributed by atoms with Gasteiger partial charge in [0.15, 0.2) is 0 Å². The fourth-order valence-electron chi connectivity index (χ4n) is 1.32. The molecule has 0 aliphatic rings. The molecule has 0 radical (unpaired) electrons. The third-order valence-corrected chi connectivity index (χ3v) is 2.61. The van der Waals surface area contributed by atoms with Gasteiger partial charge in [-0.05, 0) is 11.6 Å². The van der Waals surface area contributed by atoms with E-state index in [1.807, 2.05) is 0 Å². The van der Waals surface area contributed by atoms with E-state index >= 15 is 0 Å². The largest absolute Gasteiger partial charge is 0.480 e. The van der Waals surface area contributed by atoms with E-state index in [1.54, 1.807) is 12.1 Å². The maximum Gasteiger partial charge on any atom is 0.471 e. The number of halogens is 4. The number of aliphatic carboxylic acids is 1. The maximum absolute atomic E-state index is 12.1. The number of amides is 1. The van der Waals surface area contributed by atoms with Crippen LogP contribution in [0.15, 0.2) is 24.3 Å². The molecule has 0 aromatic heterocycles. The monoisotopic (exact) mass is 295 g/mol. The fraction of sp³-hybridized carbons (Fsp3) is 0.273. The number of carbonyl (C=O) groups is 2. The molecule has 0 fully saturated rings. The second-order valence-electron chi connectivity index (χ2n) is 3.66. The molecule has 0 aliphatic heterocycles. The molecule has 2 N–H and O–H groups in total. The minimum Gasteiger partial charge on any atom is -0.480 e. The second-order valence-corrected chi connectivity index (χ2v) is 4.06. The fourth-order valence-corrected chi connectivity index (χ4v) is 1.54. The minimum atomic E-state index is -5.13. The van der Waals surface area contributed by atoms with Gasteiger partial charge in [0.1, 0.15) is 6.04 Å². The highest BCUT2D eigenvalue weighted by Gasteiger charge is 2.40. The standard InChI is InChI=1S/C11H9ClF3NO3/c12-7-4-2-1-3-6(7)5-8(9(17)18)16-10(19)11(13,14)15/h1-4,8H,5H2,(H,16,19)(H,17,18). The van der Waals surface area contributed by atoms with Gasteiger partial charge in [-0.25, -0.2) is 4.79 Å². The van der Waals surface area contributed by atoms with Gasteiger partial charge in [-0.15, -0.1) is 0 Å². The highest BCUT2D eigenvalue weighted by Crippen LogP contribution is 2.18. The van der Waals surface area contributed by atoms with Crippen LogP contribution in [0, 0.1) is 0 Å². The highest BCUT2D eigenvalue weighted by atomic mass is 35.5. The van der Waals surface area contributed by atoms with Crippen LogP contribution in [0.1, 0.15) is 5.56 Å². The Bertz CT molecular complexity index is 490. The Kier molecular flexibility index (Phi) is 4.77. The van der Waals surface area contributed by atoms with Crippen molar-refractivity contribution in [3.05, 3.63) is 34.9 Å². The summed E-state index contributed by atoms with van der Waals surface area (Å²) in [7, 11) is 0. The van der Waals surface area contributed by atoms with E-state index in [0.717, 1.165) is 0 Å². The summed E-state index contributed by atoms with van der Waals surface area (Å²) in [5.41, 5.74) is 0.332. The van der Waals surface area contributed by atoms with Crippen LogP contribution in [0.25, 0.3) is 0 Å². The molecule has 0 saturated carbocycles. The van der Waals surface area contributed by atoms with Gasteiger partial charge in [0.2, 0.25) is 0 Å². The van der Waals surface area contributed by atoms with Crippen molar-refractivity contribution >= 4 is 23.5 Å².